The van der Waals surface area contributed by atoms with E-state index in [1.165, 1.54) is 5.56 Å². The Balaban J connectivity index is 1.31. The van der Waals surface area contributed by atoms with Gasteiger partial charge < -0.3 is 19.9 Å². The SMILES string of the molecule is Cc1ccc(CNC(=O)N2CCCC2C(=O)N2CCCC2C(=O)COCc2ccccc2)cc1. The fourth-order valence-corrected chi connectivity index (χ4v) is 4.75. The van der Waals surface area contributed by atoms with Crippen LogP contribution in [0.5, 0.6) is 0 Å². The van der Waals surface area contributed by atoms with E-state index in [1.807, 2.05) is 61.5 Å². The number of urea groups is 1. The van der Waals surface area contributed by atoms with Crippen molar-refractivity contribution < 1.29 is 19.1 Å². The highest BCUT2D eigenvalue weighted by atomic mass is 16.5. The molecule has 3 amide bonds. The molecule has 2 saturated heterocycles. The van der Waals surface area contributed by atoms with Crippen molar-refractivity contribution in [2.24, 2.45) is 0 Å². The van der Waals surface area contributed by atoms with Crippen LogP contribution in [0.1, 0.15) is 42.4 Å². The third-order valence-corrected chi connectivity index (χ3v) is 6.63. The summed E-state index contributed by atoms with van der Waals surface area (Å²) in [5.74, 6) is -0.197. The smallest absolute Gasteiger partial charge is 0.318 e. The summed E-state index contributed by atoms with van der Waals surface area (Å²) in [4.78, 5) is 42.4. The Kier molecular flexibility index (Phi) is 7.95. The van der Waals surface area contributed by atoms with E-state index in [4.69, 9.17) is 4.74 Å². The number of carbonyl (C=O) groups excluding carboxylic acids is 3. The fourth-order valence-electron chi connectivity index (χ4n) is 4.75. The van der Waals surface area contributed by atoms with Gasteiger partial charge in [-0.25, -0.2) is 4.79 Å². The monoisotopic (exact) mass is 463 g/mol. The molecule has 7 nitrogen and oxygen atoms in total. The summed E-state index contributed by atoms with van der Waals surface area (Å²) < 4.78 is 5.63. The molecule has 2 aliphatic rings. The van der Waals surface area contributed by atoms with Gasteiger partial charge in [-0.2, -0.15) is 0 Å². The van der Waals surface area contributed by atoms with Crippen molar-refractivity contribution in [1.82, 2.24) is 15.1 Å². The number of Topliss-reactive ketones (excluding diaryl/α,β-unsaturated/α-hetero) is 1. The van der Waals surface area contributed by atoms with E-state index in [0.29, 0.717) is 39.1 Å². The number of rotatable bonds is 8. The van der Waals surface area contributed by atoms with Gasteiger partial charge in [-0.1, -0.05) is 60.2 Å². The molecule has 0 aromatic heterocycles. The second-order valence-electron chi connectivity index (χ2n) is 9.13. The van der Waals surface area contributed by atoms with Gasteiger partial charge >= 0.3 is 6.03 Å². The van der Waals surface area contributed by atoms with Gasteiger partial charge in [-0.15, -0.1) is 0 Å². The van der Waals surface area contributed by atoms with E-state index < -0.39 is 12.1 Å². The zero-order valence-corrected chi connectivity index (χ0v) is 19.7. The summed E-state index contributed by atoms with van der Waals surface area (Å²) in [6.45, 7) is 3.88. The van der Waals surface area contributed by atoms with E-state index in [-0.39, 0.29) is 24.3 Å². The molecular weight excluding hydrogens is 430 g/mol. The molecule has 180 valence electrons. The maximum Gasteiger partial charge on any atom is 0.318 e. The highest BCUT2D eigenvalue weighted by Crippen LogP contribution is 2.25. The largest absolute Gasteiger partial charge is 0.369 e. The second-order valence-corrected chi connectivity index (χ2v) is 9.13. The Labute approximate surface area is 201 Å². The number of aryl methyl sites for hydroxylation is 1. The van der Waals surface area contributed by atoms with Gasteiger partial charge in [0.2, 0.25) is 5.91 Å². The first-order chi connectivity index (χ1) is 16.5. The molecular formula is C27H33N3O4. The number of amides is 3. The van der Waals surface area contributed by atoms with Crippen LogP contribution in [0, 0.1) is 6.92 Å². The number of benzene rings is 2. The third kappa shape index (κ3) is 5.83. The van der Waals surface area contributed by atoms with Crippen molar-refractivity contribution in [3.05, 3.63) is 71.3 Å². The summed E-state index contributed by atoms with van der Waals surface area (Å²) in [5, 5.41) is 2.94. The number of hydrogen-bond acceptors (Lipinski definition) is 4. The van der Waals surface area contributed by atoms with Gasteiger partial charge in [0.05, 0.1) is 12.6 Å². The molecule has 2 heterocycles. The Bertz CT molecular complexity index is 993. The van der Waals surface area contributed by atoms with Crippen LogP contribution in [0.25, 0.3) is 0 Å². The number of ketones is 1. The van der Waals surface area contributed by atoms with Gasteiger partial charge in [0, 0.05) is 19.6 Å². The molecule has 0 saturated carbocycles. The summed E-state index contributed by atoms with van der Waals surface area (Å²) in [7, 11) is 0. The van der Waals surface area contributed by atoms with Crippen molar-refractivity contribution in [3.8, 4) is 0 Å². The zero-order chi connectivity index (χ0) is 23.9. The number of ether oxygens (including phenoxy) is 1. The van der Waals surface area contributed by atoms with Crippen LogP contribution in [-0.2, 0) is 27.5 Å². The molecule has 4 rings (SSSR count). The maximum atomic E-state index is 13.4. The number of carbonyl (C=O) groups is 3. The molecule has 0 radical (unpaired) electrons. The number of likely N-dealkylation sites (tertiary alicyclic amines) is 2. The summed E-state index contributed by atoms with van der Waals surface area (Å²) in [6.07, 6.45) is 2.83. The van der Waals surface area contributed by atoms with E-state index in [1.54, 1.807) is 9.80 Å². The average Bonchev–Trinajstić information content (AvgIpc) is 3.54. The molecule has 0 spiro atoms. The van der Waals surface area contributed by atoms with Crippen molar-refractivity contribution in [1.29, 1.82) is 0 Å². The van der Waals surface area contributed by atoms with Crippen molar-refractivity contribution in [2.75, 3.05) is 19.7 Å². The molecule has 2 aromatic rings. The first-order valence-corrected chi connectivity index (χ1v) is 12.1. The van der Waals surface area contributed by atoms with Gasteiger partial charge in [-0.3, -0.25) is 9.59 Å². The molecule has 2 atom stereocenters. The lowest BCUT2D eigenvalue weighted by atomic mass is 10.1. The van der Waals surface area contributed by atoms with Crippen LogP contribution in [0.15, 0.2) is 54.6 Å². The molecule has 1 N–H and O–H groups in total. The second kappa shape index (κ2) is 11.3. The minimum atomic E-state index is -0.517. The van der Waals surface area contributed by atoms with Crippen LogP contribution in [0.3, 0.4) is 0 Å². The third-order valence-electron chi connectivity index (χ3n) is 6.63. The lowest BCUT2D eigenvalue weighted by Crippen LogP contribution is -2.53. The first-order valence-electron chi connectivity index (χ1n) is 12.1. The van der Waals surface area contributed by atoms with Crippen LogP contribution in [0.4, 0.5) is 4.79 Å². The van der Waals surface area contributed by atoms with Gasteiger partial charge in [0.1, 0.15) is 12.6 Å². The molecule has 7 heteroatoms. The zero-order valence-electron chi connectivity index (χ0n) is 19.7. The summed E-state index contributed by atoms with van der Waals surface area (Å²) >= 11 is 0. The topological polar surface area (TPSA) is 79.0 Å². The lowest BCUT2D eigenvalue weighted by molar-refractivity contribution is -0.142. The minimum absolute atomic E-state index is 0.0191. The molecule has 2 fully saturated rings. The molecule has 0 aliphatic carbocycles. The van der Waals surface area contributed by atoms with Crippen molar-refractivity contribution >= 4 is 17.7 Å². The lowest BCUT2D eigenvalue weighted by Gasteiger charge is -2.31. The Morgan fingerprint density at radius 1 is 0.882 bits per heavy atom. The number of hydrogen-bond donors (Lipinski definition) is 1. The summed E-state index contributed by atoms with van der Waals surface area (Å²) in [5.41, 5.74) is 3.19. The fraction of sp³-hybridized carbons (Fsp3) is 0.444. The quantitative estimate of drug-likeness (QED) is 0.651. The van der Waals surface area contributed by atoms with Crippen LogP contribution in [0.2, 0.25) is 0 Å². The van der Waals surface area contributed by atoms with Gasteiger partial charge in [0.25, 0.3) is 0 Å². The number of nitrogens with zero attached hydrogens (tertiary/aromatic N) is 2. The highest BCUT2D eigenvalue weighted by Gasteiger charge is 2.41. The molecule has 2 unspecified atom stereocenters. The Hall–Kier alpha value is -3.19. The maximum absolute atomic E-state index is 13.4. The average molecular weight is 464 g/mol. The van der Waals surface area contributed by atoms with E-state index in [9.17, 15) is 14.4 Å². The normalized spacial score (nSPS) is 19.9. The molecule has 2 aromatic carbocycles. The first kappa shape index (κ1) is 24.0. The predicted octanol–water partition coefficient (Wildman–Crippen LogP) is 3.45. The Morgan fingerprint density at radius 2 is 1.56 bits per heavy atom. The van der Waals surface area contributed by atoms with Crippen molar-refractivity contribution in [2.45, 2.75) is 57.8 Å². The van der Waals surface area contributed by atoms with Crippen LogP contribution >= 0.6 is 0 Å². The molecule has 0 bridgehead atoms. The van der Waals surface area contributed by atoms with Gasteiger partial charge in [-0.05, 0) is 43.7 Å². The van der Waals surface area contributed by atoms with E-state index in [2.05, 4.69) is 5.32 Å². The van der Waals surface area contributed by atoms with E-state index >= 15 is 0 Å². The van der Waals surface area contributed by atoms with Crippen molar-refractivity contribution in [3.63, 3.8) is 0 Å². The van der Waals surface area contributed by atoms with Gasteiger partial charge in [0.15, 0.2) is 5.78 Å². The molecule has 2 aliphatic heterocycles. The predicted molar refractivity (Wildman–Crippen MR) is 129 cm³/mol. The standard InChI is InChI=1S/C27H33N3O4/c1-20-11-13-21(14-12-20)17-28-27(33)30-16-6-10-24(30)26(32)29-15-5-9-23(29)25(31)19-34-18-22-7-3-2-4-8-22/h2-4,7-8,11-14,23-24H,5-6,9-10,15-19H2,1H3,(H,28,33). The van der Waals surface area contributed by atoms with Crippen LogP contribution < -0.4 is 5.32 Å². The molecule has 34 heavy (non-hydrogen) atoms. The summed E-state index contributed by atoms with van der Waals surface area (Å²) in [6, 6.07) is 16.5. The van der Waals surface area contributed by atoms with Crippen LogP contribution in [-0.4, -0.2) is 59.3 Å². The minimum Gasteiger partial charge on any atom is -0.369 e. The highest BCUT2D eigenvalue weighted by molar-refractivity contribution is 5.93. The number of nitrogens with one attached hydrogen (secondary N) is 1. The Morgan fingerprint density at radius 3 is 2.29 bits per heavy atom. The van der Waals surface area contributed by atoms with E-state index in [0.717, 1.165) is 24.0 Å².